The summed E-state index contributed by atoms with van der Waals surface area (Å²) in [5.74, 6) is -0.549. The normalized spacial score (nSPS) is 10.8. The number of carbonyl (C=O) groups is 2. The minimum absolute atomic E-state index is 0.172. The lowest BCUT2D eigenvalue weighted by Gasteiger charge is -2.13. The van der Waals surface area contributed by atoms with Gasteiger partial charge in [0.1, 0.15) is 6.54 Å². The lowest BCUT2D eigenvalue weighted by atomic mass is 10.1. The number of anilines is 1. The zero-order valence-corrected chi connectivity index (χ0v) is 19.0. The van der Waals surface area contributed by atoms with Gasteiger partial charge in [-0.05, 0) is 30.3 Å². The van der Waals surface area contributed by atoms with Crippen LogP contribution in [-0.2, 0) is 16.1 Å². The molecule has 0 atom stereocenters. The van der Waals surface area contributed by atoms with E-state index >= 15 is 0 Å². The number of carbonyl (C=O) groups excluding carboxylic acids is 2. The van der Waals surface area contributed by atoms with E-state index < -0.39 is 17.4 Å². The van der Waals surface area contributed by atoms with Crippen LogP contribution in [-0.4, -0.2) is 38.7 Å². The summed E-state index contributed by atoms with van der Waals surface area (Å²) in [6.07, 6.45) is 3.25. The van der Waals surface area contributed by atoms with Crippen LogP contribution < -0.4 is 10.9 Å². The van der Waals surface area contributed by atoms with E-state index in [1.165, 1.54) is 17.7 Å². The number of pyridine rings is 2. The van der Waals surface area contributed by atoms with Gasteiger partial charge in [0.2, 0.25) is 11.7 Å². The largest absolute Gasteiger partial charge is 0.465 e. The maximum Gasteiger partial charge on any atom is 0.339 e. The second-order valence-electron chi connectivity index (χ2n) is 7.75. The molecule has 10 heteroatoms. The molecule has 5 aromatic rings. The zero-order valence-electron chi connectivity index (χ0n) is 19.0. The number of methoxy groups -OCH3 is 1. The molecule has 2 aromatic carbocycles. The van der Waals surface area contributed by atoms with Crippen molar-refractivity contribution in [1.29, 1.82) is 0 Å². The molecule has 0 fully saturated rings. The Morgan fingerprint density at radius 2 is 1.86 bits per heavy atom. The Morgan fingerprint density at radius 3 is 2.67 bits per heavy atom. The molecule has 0 aliphatic carbocycles. The predicted octanol–water partition coefficient (Wildman–Crippen LogP) is 3.54. The number of ether oxygens (including phenoxy) is 1. The number of benzene rings is 2. The van der Waals surface area contributed by atoms with Crippen LogP contribution in [0, 0.1) is 0 Å². The summed E-state index contributed by atoms with van der Waals surface area (Å²) < 4.78 is 11.6. The molecule has 3 aromatic heterocycles. The third kappa shape index (κ3) is 4.34. The van der Waals surface area contributed by atoms with Crippen molar-refractivity contribution in [1.82, 2.24) is 19.7 Å². The number of nitrogens with zero attached hydrogens (tertiary/aromatic N) is 4. The zero-order chi connectivity index (χ0) is 25.1. The first-order chi connectivity index (χ1) is 17.5. The smallest absolute Gasteiger partial charge is 0.339 e. The molecule has 178 valence electrons. The molecule has 0 saturated heterocycles. The monoisotopic (exact) mass is 481 g/mol. The summed E-state index contributed by atoms with van der Waals surface area (Å²) in [6, 6.07) is 18.5. The van der Waals surface area contributed by atoms with Crippen molar-refractivity contribution in [3.8, 4) is 22.8 Å². The Morgan fingerprint density at radius 1 is 1.06 bits per heavy atom. The third-order valence-electron chi connectivity index (χ3n) is 5.50. The van der Waals surface area contributed by atoms with Crippen molar-refractivity contribution >= 4 is 28.5 Å². The summed E-state index contributed by atoms with van der Waals surface area (Å²) in [4.78, 5) is 46.5. The minimum Gasteiger partial charge on any atom is -0.465 e. The Labute approximate surface area is 204 Å². The molecule has 0 unspecified atom stereocenters. The third-order valence-corrected chi connectivity index (χ3v) is 5.50. The van der Waals surface area contributed by atoms with E-state index in [2.05, 4.69) is 20.4 Å². The number of fused-ring (bicyclic) bond motifs is 1. The van der Waals surface area contributed by atoms with Crippen molar-refractivity contribution in [2.24, 2.45) is 0 Å². The number of amides is 1. The van der Waals surface area contributed by atoms with Gasteiger partial charge in [-0.1, -0.05) is 35.5 Å². The Bertz CT molecular complexity index is 1640. The first kappa shape index (κ1) is 22.7. The second kappa shape index (κ2) is 9.63. The van der Waals surface area contributed by atoms with Crippen molar-refractivity contribution in [3.63, 3.8) is 0 Å². The number of hydrogen-bond donors (Lipinski definition) is 1. The van der Waals surface area contributed by atoms with Crippen LogP contribution in [0.5, 0.6) is 0 Å². The van der Waals surface area contributed by atoms with Crippen molar-refractivity contribution in [2.75, 3.05) is 12.4 Å². The number of aromatic nitrogens is 4. The first-order valence-corrected chi connectivity index (χ1v) is 10.9. The van der Waals surface area contributed by atoms with Crippen molar-refractivity contribution < 1.29 is 18.8 Å². The molecule has 1 amide bonds. The molecule has 36 heavy (non-hydrogen) atoms. The molecule has 0 spiro atoms. The maximum atomic E-state index is 13.1. The Kier molecular flexibility index (Phi) is 6.06. The lowest BCUT2D eigenvalue weighted by Crippen LogP contribution is -2.28. The van der Waals surface area contributed by atoms with E-state index in [0.717, 1.165) is 0 Å². The van der Waals surface area contributed by atoms with Crippen LogP contribution in [0.1, 0.15) is 10.4 Å². The number of esters is 1. The average molecular weight is 481 g/mol. The molecule has 10 nitrogen and oxygen atoms in total. The summed E-state index contributed by atoms with van der Waals surface area (Å²) >= 11 is 0. The van der Waals surface area contributed by atoms with Crippen molar-refractivity contribution in [2.45, 2.75) is 6.54 Å². The van der Waals surface area contributed by atoms with Gasteiger partial charge < -0.3 is 14.6 Å². The van der Waals surface area contributed by atoms with E-state index in [1.54, 1.807) is 67.0 Å². The molecule has 5 rings (SSSR count). The van der Waals surface area contributed by atoms with Gasteiger partial charge in [0, 0.05) is 29.4 Å². The highest BCUT2D eigenvalue weighted by Crippen LogP contribution is 2.28. The van der Waals surface area contributed by atoms with Crippen LogP contribution in [0.3, 0.4) is 0 Å². The van der Waals surface area contributed by atoms with Gasteiger partial charge in [-0.2, -0.15) is 4.98 Å². The summed E-state index contributed by atoms with van der Waals surface area (Å²) in [7, 11) is 1.26. The second-order valence-corrected chi connectivity index (χ2v) is 7.75. The van der Waals surface area contributed by atoms with Crippen LogP contribution in [0.2, 0.25) is 0 Å². The molecule has 0 radical (unpaired) electrons. The highest BCUT2D eigenvalue weighted by atomic mass is 16.5. The van der Waals surface area contributed by atoms with Gasteiger partial charge in [0.05, 0.1) is 29.4 Å². The van der Waals surface area contributed by atoms with E-state index in [-0.39, 0.29) is 23.7 Å². The van der Waals surface area contributed by atoms with Gasteiger partial charge >= 0.3 is 5.97 Å². The van der Waals surface area contributed by atoms with Gasteiger partial charge in [0.15, 0.2) is 0 Å². The first-order valence-electron chi connectivity index (χ1n) is 10.9. The Balaban J connectivity index is 1.49. The molecule has 1 N–H and O–H groups in total. The van der Waals surface area contributed by atoms with E-state index in [9.17, 15) is 14.4 Å². The highest BCUT2D eigenvalue weighted by Gasteiger charge is 2.19. The van der Waals surface area contributed by atoms with E-state index in [1.807, 2.05) is 6.07 Å². The highest BCUT2D eigenvalue weighted by molar-refractivity contribution is 6.01. The number of nitrogens with one attached hydrogen (secondary N) is 1. The lowest BCUT2D eigenvalue weighted by molar-refractivity contribution is -0.116. The SMILES string of the molecule is COC(=O)c1ccccc1NC(=O)Cn1c(=O)cc(-c2nc(-c3cccnc3)no2)c2ccccc21. The molecule has 0 saturated carbocycles. The molecule has 3 heterocycles. The van der Waals surface area contributed by atoms with Gasteiger partial charge in [-0.3, -0.25) is 19.1 Å². The van der Waals surface area contributed by atoms with Gasteiger partial charge in [0.25, 0.3) is 11.4 Å². The van der Waals surface area contributed by atoms with Gasteiger partial charge in [-0.15, -0.1) is 0 Å². The molecular formula is C26H19N5O5. The summed E-state index contributed by atoms with van der Waals surface area (Å²) in [5.41, 5.74) is 1.71. The minimum atomic E-state index is -0.580. The fourth-order valence-corrected chi connectivity index (χ4v) is 3.83. The standard InChI is InChI=1S/C26H19N5O5/c1-35-26(34)18-9-2-4-10-20(18)28-22(32)15-31-21-11-5-3-8-17(21)19(13-23(31)33)25-29-24(30-36-25)16-7-6-12-27-14-16/h2-14H,15H2,1H3,(H,28,32). The predicted molar refractivity (Wildman–Crippen MR) is 131 cm³/mol. The molecular weight excluding hydrogens is 462 g/mol. The molecule has 0 bridgehead atoms. The van der Waals surface area contributed by atoms with Gasteiger partial charge in [-0.25, -0.2) is 4.79 Å². The van der Waals surface area contributed by atoms with E-state index in [0.29, 0.717) is 27.9 Å². The summed E-state index contributed by atoms with van der Waals surface area (Å²) in [5, 5.41) is 7.35. The average Bonchev–Trinajstić information content (AvgIpc) is 3.41. The fourth-order valence-electron chi connectivity index (χ4n) is 3.83. The van der Waals surface area contributed by atoms with Crippen LogP contribution in [0.15, 0.2) is 88.4 Å². The fraction of sp³-hybridized carbons (Fsp3) is 0.0769. The number of rotatable bonds is 6. The molecule has 0 aliphatic rings. The van der Waals surface area contributed by atoms with E-state index in [4.69, 9.17) is 9.26 Å². The molecule has 0 aliphatic heterocycles. The topological polar surface area (TPSA) is 129 Å². The van der Waals surface area contributed by atoms with Crippen molar-refractivity contribution in [3.05, 3.63) is 95.0 Å². The maximum absolute atomic E-state index is 13.1. The Hall–Kier alpha value is -5.12. The number of hydrogen-bond acceptors (Lipinski definition) is 8. The van der Waals surface area contributed by atoms with Crippen LogP contribution >= 0.6 is 0 Å². The van der Waals surface area contributed by atoms with Crippen LogP contribution in [0.4, 0.5) is 5.69 Å². The quantitative estimate of drug-likeness (QED) is 0.365. The number of para-hydroxylation sites is 2. The summed E-state index contributed by atoms with van der Waals surface area (Å²) in [6.45, 7) is -0.278. The van der Waals surface area contributed by atoms with Crippen LogP contribution in [0.25, 0.3) is 33.7 Å².